The zero-order chi connectivity index (χ0) is 9.26. The first-order valence-electron chi connectivity index (χ1n) is 4.23. The summed E-state index contributed by atoms with van der Waals surface area (Å²) >= 11 is 0. The van der Waals surface area contributed by atoms with Crippen LogP contribution in [0.15, 0.2) is 16.9 Å². The van der Waals surface area contributed by atoms with Gasteiger partial charge in [-0.3, -0.25) is 0 Å². The molecule has 2 aliphatic rings. The number of urea groups is 1. The van der Waals surface area contributed by atoms with Crippen molar-refractivity contribution in [2.45, 2.75) is 13.3 Å². The molecule has 1 saturated heterocycles. The molecule has 0 saturated carbocycles. The zero-order valence-corrected chi connectivity index (χ0v) is 7.41. The van der Waals surface area contributed by atoms with Crippen molar-refractivity contribution in [2.75, 3.05) is 13.1 Å². The fourth-order valence-electron chi connectivity index (χ4n) is 1.25. The van der Waals surface area contributed by atoms with E-state index in [4.69, 9.17) is 4.74 Å². The number of ether oxygens (including phenoxy) is 1. The minimum atomic E-state index is -0.152. The highest BCUT2D eigenvalue weighted by molar-refractivity contribution is 5.83. The molecular weight excluding hydrogens is 170 g/mol. The lowest BCUT2D eigenvalue weighted by Gasteiger charge is -2.07. The van der Waals surface area contributed by atoms with E-state index < -0.39 is 0 Å². The monoisotopic (exact) mass is 181 g/mol. The molecule has 0 bridgehead atoms. The highest BCUT2D eigenvalue weighted by Crippen LogP contribution is 2.12. The van der Waals surface area contributed by atoms with Crippen LogP contribution in [0.25, 0.3) is 0 Å². The molecule has 2 amide bonds. The maximum Gasteiger partial charge on any atom is 0.338 e. The molecule has 1 fully saturated rings. The minimum absolute atomic E-state index is 0.152. The maximum atomic E-state index is 11.1. The molecule has 0 radical (unpaired) electrons. The summed E-state index contributed by atoms with van der Waals surface area (Å²) in [6, 6.07) is -0.152. The van der Waals surface area contributed by atoms with Crippen LogP contribution in [0.3, 0.4) is 0 Å². The average Bonchev–Trinajstić information content (AvgIpc) is 2.64. The van der Waals surface area contributed by atoms with Crippen molar-refractivity contribution in [3.63, 3.8) is 0 Å². The second-order valence-corrected chi connectivity index (χ2v) is 2.97. The molecule has 70 valence electrons. The predicted molar refractivity (Wildman–Crippen MR) is 47.0 cm³/mol. The molecule has 0 aromatic rings. The number of carbonyl (C=O) groups is 1. The fraction of sp³-hybridized carbons (Fsp3) is 0.500. The number of nitrogens with one attached hydrogen (secondary N) is 1. The van der Waals surface area contributed by atoms with Gasteiger partial charge in [0.15, 0.2) is 0 Å². The van der Waals surface area contributed by atoms with Gasteiger partial charge in [0.05, 0.1) is 12.3 Å². The molecule has 2 aliphatic heterocycles. The van der Waals surface area contributed by atoms with Gasteiger partial charge in [0.25, 0.3) is 0 Å². The Morgan fingerprint density at radius 3 is 3.08 bits per heavy atom. The standard InChI is InChI=1S/C8H11N3O2/c1-6-2-3-7(13-6)10-11-5-4-9-8(11)12/h2H,3-5H2,1H3,(H,9,12). The Kier molecular flexibility index (Phi) is 1.92. The van der Waals surface area contributed by atoms with E-state index in [1.165, 1.54) is 5.01 Å². The Morgan fingerprint density at radius 2 is 2.54 bits per heavy atom. The summed E-state index contributed by atoms with van der Waals surface area (Å²) in [6.45, 7) is 3.14. The van der Waals surface area contributed by atoms with Gasteiger partial charge in [-0.15, -0.1) is 5.10 Å². The Morgan fingerprint density at radius 1 is 1.69 bits per heavy atom. The van der Waals surface area contributed by atoms with Crippen LogP contribution in [0, 0.1) is 0 Å². The van der Waals surface area contributed by atoms with E-state index in [9.17, 15) is 4.79 Å². The molecule has 1 N–H and O–H groups in total. The second-order valence-electron chi connectivity index (χ2n) is 2.97. The Balaban J connectivity index is 2.00. The quantitative estimate of drug-likeness (QED) is 0.645. The molecule has 2 rings (SSSR count). The number of allylic oxidation sites excluding steroid dienone is 1. The third-order valence-electron chi connectivity index (χ3n) is 1.91. The first kappa shape index (κ1) is 8.10. The summed E-state index contributed by atoms with van der Waals surface area (Å²) in [5.41, 5.74) is 0. The van der Waals surface area contributed by atoms with Gasteiger partial charge in [-0.2, -0.15) is 0 Å². The van der Waals surface area contributed by atoms with Crippen LogP contribution >= 0.6 is 0 Å². The minimum Gasteiger partial charge on any atom is -0.446 e. The van der Waals surface area contributed by atoms with Gasteiger partial charge in [-0.1, -0.05) is 0 Å². The number of hydrogen-bond donors (Lipinski definition) is 1. The van der Waals surface area contributed by atoms with E-state index in [1.54, 1.807) is 0 Å². The topological polar surface area (TPSA) is 53.9 Å². The van der Waals surface area contributed by atoms with Gasteiger partial charge in [-0.05, 0) is 13.0 Å². The summed E-state index contributed by atoms with van der Waals surface area (Å²) in [5, 5.41) is 8.12. The largest absolute Gasteiger partial charge is 0.446 e. The normalized spacial score (nSPS) is 24.7. The Labute approximate surface area is 76.0 Å². The maximum absolute atomic E-state index is 11.1. The van der Waals surface area contributed by atoms with Crippen molar-refractivity contribution in [3.8, 4) is 0 Å². The summed E-state index contributed by atoms with van der Waals surface area (Å²) in [5.74, 6) is 1.44. The fourth-order valence-corrected chi connectivity index (χ4v) is 1.25. The van der Waals surface area contributed by atoms with Crippen LogP contribution in [0.1, 0.15) is 13.3 Å². The zero-order valence-electron chi connectivity index (χ0n) is 7.41. The molecule has 0 aromatic carbocycles. The summed E-state index contributed by atoms with van der Waals surface area (Å²) in [7, 11) is 0. The number of carbonyl (C=O) groups excluding carboxylic acids is 1. The predicted octanol–water partition coefficient (Wildman–Crippen LogP) is 0.649. The number of rotatable bonds is 1. The number of hydrogen-bond acceptors (Lipinski definition) is 3. The van der Waals surface area contributed by atoms with Crippen LogP contribution in [-0.4, -0.2) is 30.0 Å². The van der Waals surface area contributed by atoms with Crippen LogP contribution in [0.5, 0.6) is 0 Å². The molecular formula is C8H11N3O2. The first-order chi connectivity index (χ1) is 6.25. The number of amides is 2. The molecule has 0 atom stereocenters. The van der Waals surface area contributed by atoms with Gasteiger partial charge in [0, 0.05) is 13.0 Å². The highest BCUT2D eigenvalue weighted by Gasteiger charge is 2.20. The van der Waals surface area contributed by atoms with Crippen molar-refractivity contribution < 1.29 is 9.53 Å². The van der Waals surface area contributed by atoms with Crippen molar-refractivity contribution in [2.24, 2.45) is 5.10 Å². The molecule has 5 heteroatoms. The van der Waals surface area contributed by atoms with Gasteiger partial charge in [0.2, 0.25) is 5.90 Å². The highest BCUT2D eigenvalue weighted by atomic mass is 16.5. The van der Waals surface area contributed by atoms with Crippen LogP contribution in [-0.2, 0) is 4.74 Å². The van der Waals surface area contributed by atoms with E-state index in [-0.39, 0.29) is 6.03 Å². The molecule has 2 heterocycles. The van der Waals surface area contributed by atoms with Crippen LogP contribution < -0.4 is 5.32 Å². The van der Waals surface area contributed by atoms with Crippen LogP contribution in [0.4, 0.5) is 4.79 Å². The van der Waals surface area contributed by atoms with Gasteiger partial charge >= 0.3 is 6.03 Å². The Hall–Kier alpha value is -1.52. The smallest absolute Gasteiger partial charge is 0.338 e. The SMILES string of the molecule is CC1=CCC(=NN2CCNC2=O)O1. The molecule has 13 heavy (non-hydrogen) atoms. The first-order valence-corrected chi connectivity index (χ1v) is 4.23. The van der Waals surface area contributed by atoms with Crippen molar-refractivity contribution in [3.05, 3.63) is 11.8 Å². The lowest BCUT2D eigenvalue weighted by Crippen LogP contribution is -2.24. The summed E-state index contributed by atoms with van der Waals surface area (Å²) in [6.07, 6.45) is 2.61. The van der Waals surface area contributed by atoms with Crippen molar-refractivity contribution >= 4 is 11.9 Å². The van der Waals surface area contributed by atoms with E-state index in [1.807, 2.05) is 13.0 Å². The number of nitrogens with zero attached hydrogens (tertiary/aromatic N) is 2. The van der Waals surface area contributed by atoms with Crippen LogP contribution in [0.2, 0.25) is 0 Å². The second kappa shape index (κ2) is 3.08. The van der Waals surface area contributed by atoms with E-state index in [0.29, 0.717) is 25.4 Å². The van der Waals surface area contributed by atoms with Crippen molar-refractivity contribution in [1.82, 2.24) is 10.3 Å². The lowest BCUT2D eigenvalue weighted by molar-refractivity contribution is 0.217. The Bertz CT molecular complexity index is 296. The molecule has 0 spiro atoms. The summed E-state index contributed by atoms with van der Waals surface area (Å²) in [4.78, 5) is 11.1. The summed E-state index contributed by atoms with van der Waals surface area (Å²) < 4.78 is 5.26. The third-order valence-corrected chi connectivity index (χ3v) is 1.91. The average molecular weight is 181 g/mol. The van der Waals surface area contributed by atoms with E-state index >= 15 is 0 Å². The molecule has 0 unspecified atom stereocenters. The van der Waals surface area contributed by atoms with Gasteiger partial charge < -0.3 is 10.1 Å². The molecule has 5 nitrogen and oxygen atoms in total. The van der Waals surface area contributed by atoms with Gasteiger partial charge in [0.1, 0.15) is 0 Å². The molecule has 0 aliphatic carbocycles. The van der Waals surface area contributed by atoms with Crippen molar-refractivity contribution in [1.29, 1.82) is 0 Å². The van der Waals surface area contributed by atoms with E-state index in [2.05, 4.69) is 10.4 Å². The van der Waals surface area contributed by atoms with E-state index in [0.717, 1.165) is 5.76 Å². The molecule has 0 aromatic heterocycles. The van der Waals surface area contributed by atoms with Gasteiger partial charge in [-0.25, -0.2) is 9.80 Å². The lowest BCUT2D eigenvalue weighted by atomic mass is 10.4. The third kappa shape index (κ3) is 1.63. The number of hydrazone groups is 1.